The molecule has 0 spiro atoms. The fraction of sp³-hybridized carbons (Fsp3) is 0.571. The molecule has 0 heterocycles. The van der Waals surface area contributed by atoms with Gasteiger partial charge in [-0.2, -0.15) is 0 Å². The highest BCUT2D eigenvalue weighted by molar-refractivity contribution is 5.26. The molecule has 0 fully saturated rings. The molecule has 0 aliphatic heterocycles. The zero-order valence-electron chi connectivity index (χ0n) is 10.7. The third kappa shape index (κ3) is 3.62. The number of hydrogen-bond acceptors (Lipinski definition) is 2. The van der Waals surface area contributed by atoms with E-state index in [4.69, 9.17) is 5.73 Å². The van der Waals surface area contributed by atoms with Gasteiger partial charge in [-0.05, 0) is 43.5 Å². The molecule has 1 aromatic carbocycles. The molecule has 0 saturated heterocycles. The van der Waals surface area contributed by atoms with Crippen LogP contribution in [0.3, 0.4) is 0 Å². The van der Waals surface area contributed by atoms with Crippen LogP contribution in [0, 0.1) is 0 Å². The van der Waals surface area contributed by atoms with Crippen molar-refractivity contribution in [2.45, 2.75) is 38.6 Å². The van der Waals surface area contributed by atoms with Gasteiger partial charge in [0.2, 0.25) is 0 Å². The van der Waals surface area contributed by atoms with Gasteiger partial charge in [-0.15, -0.1) is 0 Å². The lowest BCUT2D eigenvalue weighted by molar-refractivity contribution is 0.531. The van der Waals surface area contributed by atoms with E-state index in [1.807, 2.05) is 7.05 Å². The third-order valence-electron chi connectivity index (χ3n) is 3.05. The molecule has 0 amide bonds. The summed E-state index contributed by atoms with van der Waals surface area (Å²) in [6, 6.07) is 9.35. The number of nitrogens with one attached hydrogen (secondary N) is 1. The highest BCUT2D eigenvalue weighted by Crippen LogP contribution is 2.21. The Balaban J connectivity index is 2.70. The van der Waals surface area contributed by atoms with Crippen molar-refractivity contribution in [3.05, 3.63) is 35.4 Å². The van der Waals surface area contributed by atoms with Crippen molar-refractivity contribution in [3.8, 4) is 0 Å². The number of rotatable bonds is 6. The predicted octanol–water partition coefficient (Wildman–Crippen LogP) is 2.81. The molecule has 0 aliphatic carbocycles. The quantitative estimate of drug-likeness (QED) is 0.773. The molecule has 1 aromatic rings. The molecular weight excluding hydrogens is 196 g/mol. The van der Waals surface area contributed by atoms with Gasteiger partial charge in [0.25, 0.3) is 0 Å². The number of hydrogen-bond donors (Lipinski definition) is 2. The lowest BCUT2D eigenvalue weighted by atomic mass is 9.97. The van der Waals surface area contributed by atoms with E-state index in [1.165, 1.54) is 11.1 Å². The first-order valence-electron chi connectivity index (χ1n) is 6.16. The van der Waals surface area contributed by atoms with Crippen LogP contribution in [0.5, 0.6) is 0 Å². The van der Waals surface area contributed by atoms with Crippen LogP contribution in [0.4, 0.5) is 0 Å². The van der Waals surface area contributed by atoms with Crippen molar-refractivity contribution in [2.75, 3.05) is 13.6 Å². The van der Waals surface area contributed by atoms with Crippen molar-refractivity contribution < 1.29 is 0 Å². The van der Waals surface area contributed by atoms with Crippen LogP contribution in [0.2, 0.25) is 0 Å². The molecule has 1 unspecified atom stereocenters. The van der Waals surface area contributed by atoms with Gasteiger partial charge in [-0.3, -0.25) is 0 Å². The summed E-state index contributed by atoms with van der Waals surface area (Å²) in [7, 11) is 2.01. The van der Waals surface area contributed by atoms with Crippen molar-refractivity contribution in [1.29, 1.82) is 0 Å². The van der Waals surface area contributed by atoms with Crippen LogP contribution in [0.15, 0.2) is 24.3 Å². The molecule has 90 valence electrons. The molecule has 1 rings (SSSR count). The van der Waals surface area contributed by atoms with Crippen LogP contribution in [0.1, 0.15) is 49.8 Å². The Kier molecular flexibility index (Phi) is 5.50. The van der Waals surface area contributed by atoms with E-state index < -0.39 is 0 Å². The van der Waals surface area contributed by atoms with Crippen molar-refractivity contribution in [1.82, 2.24) is 5.32 Å². The maximum absolute atomic E-state index is 5.55. The first-order valence-corrected chi connectivity index (χ1v) is 6.16. The van der Waals surface area contributed by atoms with Gasteiger partial charge < -0.3 is 11.1 Å². The summed E-state index contributed by atoms with van der Waals surface area (Å²) < 4.78 is 0. The Morgan fingerprint density at radius 3 is 2.12 bits per heavy atom. The van der Waals surface area contributed by atoms with E-state index >= 15 is 0 Å². The second-order valence-electron chi connectivity index (χ2n) is 4.59. The van der Waals surface area contributed by atoms with Crippen LogP contribution in [-0.2, 0) is 0 Å². The van der Waals surface area contributed by atoms with Gasteiger partial charge in [0, 0.05) is 6.04 Å². The second kappa shape index (κ2) is 6.66. The van der Waals surface area contributed by atoms with E-state index in [1.54, 1.807) is 0 Å². The maximum Gasteiger partial charge on any atom is 0.0317 e. The smallest absolute Gasteiger partial charge is 0.0317 e. The first kappa shape index (κ1) is 13.2. The van der Waals surface area contributed by atoms with Crippen molar-refractivity contribution >= 4 is 0 Å². The molecule has 3 N–H and O–H groups in total. The van der Waals surface area contributed by atoms with Crippen LogP contribution >= 0.6 is 0 Å². The molecule has 1 atom stereocenters. The fourth-order valence-corrected chi connectivity index (χ4v) is 1.91. The largest absolute Gasteiger partial charge is 0.330 e. The highest BCUT2D eigenvalue weighted by Gasteiger charge is 2.08. The normalized spacial score (nSPS) is 13.1. The van der Waals surface area contributed by atoms with Gasteiger partial charge in [0.15, 0.2) is 0 Å². The molecule has 2 heteroatoms. The summed E-state index contributed by atoms with van der Waals surface area (Å²) in [5.41, 5.74) is 8.31. The molecular formula is C14H24N2. The first-order chi connectivity index (χ1) is 7.69. The molecule has 0 saturated carbocycles. The molecule has 0 bridgehead atoms. The zero-order chi connectivity index (χ0) is 12.0. The highest BCUT2D eigenvalue weighted by atomic mass is 14.9. The Morgan fingerprint density at radius 2 is 1.69 bits per heavy atom. The van der Waals surface area contributed by atoms with Gasteiger partial charge >= 0.3 is 0 Å². The van der Waals surface area contributed by atoms with Gasteiger partial charge in [-0.1, -0.05) is 38.1 Å². The SMILES string of the molecule is CNC(CCCN)c1ccc(C(C)C)cc1. The predicted molar refractivity (Wildman–Crippen MR) is 70.6 cm³/mol. The van der Waals surface area contributed by atoms with Crippen LogP contribution in [0.25, 0.3) is 0 Å². The molecule has 0 radical (unpaired) electrons. The molecule has 2 nitrogen and oxygen atoms in total. The lowest BCUT2D eigenvalue weighted by Crippen LogP contribution is -2.17. The summed E-state index contributed by atoms with van der Waals surface area (Å²) in [5.74, 6) is 0.603. The average molecular weight is 220 g/mol. The number of nitrogens with two attached hydrogens (primary N) is 1. The minimum absolute atomic E-state index is 0.435. The van der Waals surface area contributed by atoms with Crippen LogP contribution < -0.4 is 11.1 Å². The fourth-order valence-electron chi connectivity index (χ4n) is 1.91. The van der Waals surface area contributed by atoms with Gasteiger partial charge in [0.05, 0.1) is 0 Å². The average Bonchev–Trinajstić information content (AvgIpc) is 2.30. The van der Waals surface area contributed by atoms with E-state index in [0.717, 1.165) is 19.4 Å². The summed E-state index contributed by atoms with van der Waals surface area (Å²) in [4.78, 5) is 0. The standard InChI is InChI=1S/C14H24N2/c1-11(2)12-6-8-13(9-7-12)14(16-3)5-4-10-15/h6-9,11,14,16H,4-5,10,15H2,1-3H3. The zero-order valence-corrected chi connectivity index (χ0v) is 10.7. The minimum Gasteiger partial charge on any atom is -0.330 e. The Hall–Kier alpha value is -0.860. The maximum atomic E-state index is 5.55. The lowest BCUT2D eigenvalue weighted by Gasteiger charge is -2.17. The van der Waals surface area contributed by atoms with Gasteiger partial charge in [-0.25, -0.2) is 0 Å². The summed E-state index contributed by atoms with van der Waals surface area (Å²) in [6.45, 7) is 5.21. The Labute approximate surface area is 99.2 Å². The number of benzene rings is 1. The molecule has 0 aliphatic rings. The summed E-state index contributed by atoms with van der Waals surface area (Å²) in [6.07, 6.45) is 2.17. The molecule has 16 heavy (non-hydrogen) atoms. The topological polar surface area (TPSA) is 38.0 Å². The summed E-state index contributed by atoms with van der Waals surface area (Å²) >= 11 is 0. The van der Waals surface area contributed by atoms with E-state index in [0.29, 0.717) is 12.0 Å². The van der Waals surface area contributed by atoms with Crippen molar-refractivity contribution in [2.24, 2.45) is 5.73 Å². The van der Waals surface area contributed by atoms with E-state index in [9.17, 15) is 0 Å². The second-order valence-corrected chi connectivity index (χ2v) is 4.59. The third-order valence-corrected chi connectivity index (χ3v) is 3.05. The monoisotopic (exact) mass is 220 g/mol. The van der Waals surface area contributed by atoms with Crippen molar-refractivity contribution in [3.63, 3.8) is 0 Å². The Morgan fingerprint density at radius 1 is 1.12 bits per heavy atom. The molecule has 0 aromatic heterocycles. The van der Waals surface area contributed by atoms with E-state index in [-0.39, 0.29) is 0 Å². The minimum atomic E-state index is 0.435. The Bertz CT molecular complexity index is 290. The van der Waals surface area contributed by atoms with Gasteiger partial charge in [0.1, 0.15) is 0 Å². The summed E-state index contributed by atoms with van der Waals surface area (Å²) in [5, 5.41) is 3.35. The van der Waals surface area contributed by atoms with E-state index in [2.05, 4.69) is 43.4 Å². The van der Waals surface area contributed by atoms with Crippen LogP contribution in [-0.4, -0.2) is 13.6 Å².